The van der Waals surface area contributed by atoms with Crippen LogP contribution in [0.3, 0.4) is 0 Å². The number of aromatic amines is 1. The molecular weight excluding hydrogens is 144 g/mol. The number of aromatic nitrogens is 2. The zero-order valence-electron chi connectivity index (χ0n) is 5.29. The van der Waals surface area contributed by atoms with Crippen LogP contribution in [0.1, 0.15) is 11.3 Å². The molecule has 2 rings (SSSR count). The van der Waals surface area contributed by atoms with Crippen LogP contribution in [0.2, 0.25) is 0 Å². The minimum absolute atomic E-state index is 0.560. The summed E-state index contributed by atoms with van der Waals surface area (Å²) in [5, 5.41) is 0. The lowest BCUT2D eigenvalue weighted by molar-refractivity contribution is 1.07. The van der Waals surface area contributed by atoms with Gasteiger partial charge in [0.15, 0.2) is 4.77 Å². The van der Waals surface area contributed by atoms with Crippen molar-refractivity contribution in [3.05, 3.63) is 28.3 Å². The highest BCUT2D eigenvalue weighted by Gasteiger charge is 2.03. The number of hydrogen-bond donors (Lipinski definition) is 1. The van der Waals surface area contributed by atoms with Crippen molar-refractivity contribution in [3.8, 4) is 0 Å². The molecule has 0 saturated heterocycles. The first kappa shape index (κ1) is 5.80. The first-order valence-electron chi connectivity index (χ1n) is 3.11. The number of nitrogens with zero attached hydrogens (tertiary/aromatic N) is 1. The lowest BCUT2D eigenvalue weighted by Crippen LogP contribution is -1.88. The molecule has 0 fully saturated rings. The van der Waals surface area contributed by atoms with Crippen molar-refractivity contribution in [1.29, 1.82) is 0 Å². The molecule has 1 N–H and O–H groups in total. The molecule has 0 atom stereocenters. The molecule has 1 aliphatic carbocycles. The van der Waals surface area contributed by atoms with E-state index >= 15 is 0 Å². The lowest BCUT2D eigenvalue weighted by atomic mass is 10.3. The second-order valence-corrected chi connectivity index (χ2v) is 2.62. The molecule has 3 heteroatoms. The molecule has 0 amide bonds. The summed E-state index contributed by atoms with van der Waals surface area (Å²) in [5.74, 6) is 0. The van der Waals surface area contributed by atoms with E-state index in [4.69, 9.17) is 12.2 Å². The van der Waals surface area contributed by atoms with Crippen molar-refractivity contribution >= 4 is 18.3 Å². The molecule has 0 aliphatic heterocycles. The van der Waals surface area contributed by atoms with Crippen LogP contribution in [0, 0.1) is 4.77 Å². The molecule has 0 aromatic carbocycles. The van der Waals surface area contributed by atoms with Crippen molar-refractivity contribution in [2.75, 3.05) is 0 Å². The fraction of sp³-hybridized carbons (Fsp3) is 0.143. The van der Waals surface area contributed by atoms with Crippen LogP contribution in [0.25, 0.3) is 6.08 Å². The van der Waals surface area contributed by atoms with Gasteiger partial charge in [0.05, 0.1) is 0 Å². The molecule has 0 saturated carbocycles. The number of nitrogens with one attached hydrogen (secondary N) is 1. The van der Waals surface area contributed by atoms with Crippen LogP contribution in [-0.4, -0.2) is 9.97 Å². The summed E-state index contributed by atoms with van der Waals surface area (Å²) < 4.78 is 0.560. The maximum absolute atomic E-state index is 4.85. The zero-order chi connectivity index (χ0) is 6.97. The standard InChI is InChI=1S/C7H6N2S/c10-7-8-4-5-2-1-3-6(5)9-7/h1,3-4H,2H2,(H,8,9,10). The van der Waals surface area contributed by atoms with Crippen molar-refractivity contribution < 1.29 is 0 Å². The molecular formula is C7H6N2S. The van der Waals surface area contributed by atoms with Gasteiger partial charge in [-0.15, -0.1) is 0 Å². The topological polar surface area (TPSA) is 28.7 Å². The van der Waals surface area contributed by atoms with E-state index in [0.717, 1.165) is 12.1 Å². The van der Waals surface area contributed by atoms with E-state index in [1.165, 1.54) is 5.56 Å². The van der Waals surface area contributed by atoms with Crippen LogP contribution >= 0.6 is 12.2 Å². The van der Waals surface area contributed by atoms with Crippen molar-refractivity contribution in [1.82, 2.24) is 9.97 Å². The normalized spacial score (nSPS) is 13.6. The highest BCUT2D eigenvalue weighted by atomic mass is 32.1. The number of hydrogen-bond acceptors (Lipinski definition) is 2. The van der Waals surface area contributed by atoms with Gasteiger partial charge >= 0.3 is 0 Å². The van der Waals surface area contributed by atoms with Gasteiger partial charge < -0.3 is 4.98 Å². The Morgan fingerprint density at radius 1 is 1.60 bits per heavy atom. The van der Waals surface area contributed by atoms with E-state index < -0.39 is 0 Å². The van der Waals surface area contributed by atoms with Gasteiger partial charge in [0.1, 0.15) is 0 Å². The number of rotatable bonds is 0. The molecule has 0 radical (unpaired) electrons. The van der Waals surface area contributed by atoms with Gasteiger partial charge in [0.25, 0.3) is 0 Å². The van der Waals surface area contributed by atoms with Gasteiger partial charge in [-0.25, -0.2) is 4.98 Å². The fourth-order valence-corrected chi connectivity index (χ4v) is 1.21. The van der Waals surface area contributed by atoms with Crippen LogP contribution in [0.5, 0.6) is 0 Å². The predicted octanol–water partition coefficient (Wildman–Crippen LogP) is 1.71. The molecule has 1 aromatic heterocycles. The Morgan fingerprint density at radius 3 is 3.40 bits per heavy atom. The lowest BCUT2D eigenvalue weighted by Gasteiger charge is -1.94. The smallest absolute Gasteiger partial charge is 0.197 e. The van der Waals surface area contributed by atoms with Crippen LogP contribution < -0.4 is 0 Å². The van der Waals surface area contributed by atoms with Gasteiger partial charge in [-0.05, 0) is 30.3 Å². The second-order valence-electron chi connectivity index (χ2n) is 2.23. The third-order valence-corrected chi connectivity index (χ3v) is 1.75. The number of H-pyrrole nitrogens is 1. The van der Waals surface area contributed by atoms with Crippen LogP contribution in [0.4, 0.5) is 0 Å². The quantitative estimate of drug-likeness (QED) is 0.570. The monoisotopic (exact) mass is 150 g/mol. The summed E-state index contributed by atoms with van der Waals surface area (Å²) >= 11 is 4.85. The van der Waals surface area contributed by atoms with E-state index in [2.05, 4.69) is 16.0 Å². The van der Waals surface area contributed by atoms with Gasteiger partial charge in [-0.3, -0.25) is 0 Å². The first-order chi connectivity index (χ1) is 4.86. The van der Waals surface area contributed by atoms with Gasteiger partial charge in [0, 0.05) is 11.9 Å². The Kier molecular flexibility index (Phi) is 1.17. The van der Waals surface area contributed by atoms with Gasteiger partial charge in [0.2, 0.25) is 0 Å². The largest absolute Gasteiger partial charge is 0.331 e. The SMILES string of the molecule is S=c1ncc2c([nH]1)C=CC2. The predicted molar refractivity (Wildman–Crippen MR) is 42.2 cm³/mol. The van der Waals surface area contributed by atoms with Gasteiger partial charge in [-0.1, -0.05) is 6.08 Å². The van der Waals surface area contributed by atoms with Crippen LogP contribution in [-0.2, 0) is 6.42 Å². The molecule has 0 unspecified atom stereocenters. The van der Waals surface area contributed by atoms with Crippen LogP contribution in [0.15, 0.2) is 12.3 Å². The summed E-state index contributed by atoms with van der Waals surface area (Å²) in [6, 6.07) is 0. The van der Waals surface area contributed by atoms with E-state index in [-0.39, 0.29) is 0 Å². The Bertz CT molecular complexity index is 338. The molecule has 1 heterocycles. The molecule has 2 nitrogen and oxygen atoms in total. The molecule has 1 aliphatic rings. The maximum atomic E-state index is 4.85. The minimum Gasteiger partial charge on any atom is -0.331 e. The van der Waals surface area contributed by atoms with Gasteiger partial charge in [-0.2, -0.15) is 0 Å². The summed E-state index contributed by atoms with van der Waals surface area (Å²) in [6.07, 6.45) is 6.94. The molecule has 1 aromatic rings. The van der Waals surface area contributed by atoms with E-state index in [1.807, 2.05) is 12.3 Å². The Labute approximate surface area is 63.6 Å². The minimum atomic E-state index is 0.560. The zero-order valence-corrected chi connectivity index (χ0v) is 6.11. The summed E-state index contributed by atoms with van der Waals surface area (Å²) in [6.45, 7) is 0. The van der Waals surface area contributed by atoms with E-state index in [1.54, 1.807) is 0 Å². The average molecular weight is 150 g/mol. The van der Waals surface area contributed by atoms with E-state index in [0.29, 0.717) is 4.77 Å². The Balaban J connectivity index is 2.71. The average Bonchev–Trinajstić information content (AvgIpc) is 2.33. The number of allylic oxidation sites excluding steroid dienone is 1. The third-order valence-electron chi connectivity index (χ3n) is 1.55. The first-order valence-corrected chi connectivity index (χ1v) is 3.52. The summed E-state index contributed by atoms with van der Waals surface area (Å²) in [4.78, 5) is 6.97. The second kappa shape index (κ2) is 2.02. The van der Waals surface area contributed by atoms with E-state index in [9.17, 15) is 0 Å². The maximum Gasteiger partial charge on any atom is 0.197 e. The Morgan fingerprint density at radius 2 is 2.50 bits per heavy atom. The molecule has 0 spiro atoms. The summed E-state index contributed by atoms with van der Waals surface area (Å²) in [5.41, 5.74) is 2.34. The highest BCUT2D eigenvalue weighted by molar-refractivity contribution is 7.71. The molecule has 0 bridgehead atoms. The van der Waals surface area contributed by atoms with Crippen molar-refractivity contribution in [2.45, 2.75) is 6.42 Å². The highest BCUT2D eigenvalue weighted by Crippen LogP contribution is 2.14. The van der Waals surface area contributed by atoms with Crippen molar-refractivity contribution in [2.24, 2.45) is 0 Å². The number of fused-ring (bicyclic) bond motifs is 1. The summed E-state index contributed by atoms with van der Waals surface area (Å²) in [7, 11) is 0. The third kappa shape index (κ3) is 0.789. The fourth-order valence-electron chi connectivity index (χ4n) is 1.05. The van der Waals surface area contributed by atoms with Crippen molar-refractivity contribution in [3.63, 3.8) is 0 Å². The Hall–Kier alpha value is -0.960. The molecule has 10 heavy (non-hydrogen) atoms. The molecule has 50 valence electrons.